The van der Waals surface area contributed by atoms with Crippen molar-refractivity contribution in [2.24, 2.45) is 12.8 Å². The third kappa shape index (κ3) is 2.09. The van der Waals surface area contributed by atoms with Gasteiger partial charge in [0.25, 0.3) is 5.91 Å². The maximum atomic E-state index is 11.9. The van der Waals surface area contributed by atoms with Crippen LogP contribution >= 0.6 is 0 Å². The van der Waals surface area contributed by atoms with Crippen LogP contribution in [0.15, 0.2) is 24.5 Å². The van der Waals surface area contributed by atoms with Gasteiger partial charge in [0.05, 0.1) is 30.0 Å². The molecule has 1 atom stereocenters. The van der Waals surface area contributed by atoms with Crippen LogP contribution in [0.3, 0.4) is 0 Å². The number of ether oxygens (including phenoxy) is 1. The van der Waals surface area contributed by atoms with Crippen LogP contribution < -0.4 is 10.6 Å². The largest absolute Gasteiger partial charge is 0.365 e. The van der Waals surface area contributed by atoms with Gasteiger partial charge in [-0.2, -0.15) is 0 Å². The van der Waals surface area contributed by atoms with Crippen LogP contribution in [-0.4, -0.2) is 41.3 Å². The van der Waals surface area contributed by atoms with E-state index in [1.807, 2.05) is 29.8 Å². The zero-order valence-electron chi connectivity index (χ0n) is 10.7. The molecule has 1 aliphatic heterocycles. The summed E-state index contributed by atoms with van der Waals surface area (Å²) in [5.41, 5.74) is 8.37. The fourth-order valence-corrected chi connectivity index (χ4v) is 2.31. The molecular formula is C13H16N4O2. The number of fused-ring (bicyclic) bond motifs is 1. The van der Waals surface area contributed by atoms with Gasteiger partial charge in [0, 0.05) is 19.3 Å². The highest BCUT2D eigenvalue weighted by Crippen LogP contribution is 2.23. The monoisotopic (exact) mass is 260 g/mol. The first-order chi connectivity index (χ1) is 9.19. The van der Waals surface area contributed by atoms with Crippen LogP contribution in [0.1, 0.15) is 0 Å². The Balaban J connectivity index is 1.95. The van der Waals surface area contributed by atoms with E-state index in [0.717, 1.165) is 16.7 Å². The second-order valence-corrected chi connectivity index (χ2v) is 4.70. The molecule has 0 aliphatic carbocycles. The molecule has 0 bridgehead atoms. The predicted octanol–water partition coefficient (Wildman–Crippen LogP) is 0.264. The second-order valence-electron chi connectivity index (χ2n) is 4.70. The molecule has 1 unspecified atom stereocenters. The van der Waals surface area contributed by atoms with Crippen molar-refractivity contribution in [1.29, 1.82) is 0 Å². The molecule has 6 nitrogen and oxygen atoms in total. The lowest BCUT2D eigenvalue weighted by molar-refractivity contribution is -0.128. The summed E-state index contributed by atoms with van der Waals surface area (Å²) in [5, 5.41) is 0. The quantitative estimate of drug-likeness (QED) is 0.841. The zero-order valence-corrected chi connectivity index (χ0v) is 10.7. The van der Waals surface area contributed by atoms with Crippen LogP contribution in [0.5, 0.6) is 0 Å². The Kier molecular flexibility index (Phi) is 2.96. The summed E-state index contributed by atoms with van der Waals surface area (Å²) in [6.07, 6.45) is 1.66. The zero-order chi connectivity index (χ0) is 13.4. The van der Waals surface area contributed by atoms with Gasteiger partial charge in [0.15, 0.2) is 0 Å². The SMILES string of the molecule is Cn1cnc2cc(N3CC(CN)OCC3=O)ccc21. The number of hydrogen-bond acceptors (Lipinski definition) is 4. The van der Waals surface area contributed by atoms with Gasteiger partial charge in [-0.1, -0.05) is 0 Å². The maximum absolute atomic E-state index is 11.9. The van der Waals surface area contributed by atoms with E-state index in [9.17, 15) is 4.79 Å². The highest BCUT2D eigenvalue weighted by molar-refractivity contribution is 5.96. The molecule has 2 heterocycles. The van der Waals surface area contributed by atoms with Gasteiger partial charge in [-0.25, -0.2) is 4.98 Å². The number of rotatable bonds is 2. The Morgan fingerprint density at radius 1 is 1.53 bits per heavy atom. The molecule has 3 rings (SSSR count). The molecule has 1 fully saturated rings. The molecule has 19 heavy (non-hydrogen) atoms. The molecule has 6 heteroatoms. The fraction of sp³-hybridized carbons (Fsp3) is 0.385. The average Bonchev–Trinajstić information content (AvgIpc) is 2.80. The molecule has 1 saturated heterocycles. The minimum atomic E-state index is -0.0999. The normalized spacial score (nSPS) is 20.2. The number of hydrogen-bond donors (Lipinski definition) is 1. The van der Waals surface area contributed by atoms with Crippen LogP contribution in [0.2, 0.25) is 0 Å². The standard InChI is InChI=1S/C13H16N4O2/c1-16-8-15-11-4-9(2-3-12(11)16)17-6-10(5-14)19-7-13(17)18/h2-4,8,10H,5-7,14H2,1H3. The van der Waals surface area contributed by atoms with Gasteiger partial charge in [-0.3, -0.25) is 4.79 Å². The summed E-state index contributed by atoms with van der Waals surface area (Å²) < 4.78 is 7.29. The molecule has 2 N–H and O–H groups in total. The number of imidazole rings is 1. The molecule has 0 spiro atoms. The number of carbonyl (C=O) groups excluding carboxylic acids is 1. The van der Waals surface area contributed by atoms with Crippen molar-refractivity contribution in [3.63, 3.8) is 0 Å². The number of morpholine rings is 1. The molecule has 0 saturated carbocycles. The first-order valence-corrected chi connectivity index (χ1v) is 6.22. The van der Waals surface area contributed by atoms with E-state index < -0.39 is 0 Å². The van der Waals surface area contributed by atoms with Crippen LogP contribution in [-0.2, 0) is 16.6 Å². The molecule has 1 aromatic carbocycles. The summed E-state index contributed by atoms with van der Waals surface area (Å²) in [7, 11) is 1.94. The topological polar surface area (TPSA) is 73.4 Å². The van der Waals surface area contributed by atoms with Gasteiger partial charge < -0.3 is 19.9 Å². The number of amides is 1. The van der Waals surface area contributed by atoms with E-state index in [2.05, 4.69) is 4.98 Å². The Morgan fingerprint density at radius 2 is 2.37 bits per heavy atom. The van der Waals surface area contributed by atoms with E-state index in [1.54, 1.807) is 11.2 Å². The lowest BCUT2D eigenvalue weighted by Crippen LogP contribution is -2.49. The van der Waals surface area contributed by atoms with Crippen molar-refractivity contribution >= 4 is 22.6 Å². The van der Waals surface area contributed by atoms with Crippen LogP contribution in [0.25, 0.3) is 11.0 Å². The van der Waals surface area contributed by atoms with Crippen molar-refractivity contribution in [3.05, 3.63) is 24.5 Å². The summed E-state index contributed by atoms with van der Waals surface area (Å²) >= 11 is 0. The molecule has 2 aromatic rings. The number of anilines is 1. The van der Waals surface area contributed by atoms with Crippen molar-refractivity contribution < 1.29 is 9.53 Å². The maximum Gasteiger partial charge on any atom is 0.253 e. The minimum Gasteiger partial charge on any atom is -0.365 e. The van der Waals surface area contributed by atoms with Crippen molar-refractivity contribution in [2.75, 3.05) is 24.6 Å². The van der Waals surface area contributed by atoms with E-state index >= 15 is 0 Å². The number of nitrogens with zero attached hydrogens (tertiary/aromatic N) is 3. The smallest absolute Gasteiger partial charge is 0.253 e. The minimum absolute atomic E-state index is 0.0417. The van der Waals surface area contributed by atoms with Crippen molar-refractivity contribution in [3.8, 4) is 0 Å². The third-order valence-corrected chi connectivity index (χ3v) is 3.41. The average molecular weight is 260 g/mol. The molecule has 1 aliphatic rings. The summed E-state index contributed by atoms with van der Waals surface area (Å²) in [4.78, 5) is 18.0. The van der Waals surface area contributed by atoms with Crippen molar-refractivity contribution in [2.45, 2.75) is 6.10 Å². The van der Waals surface area contributed by atoms with E-state index in [1.165, 1.54) is 0 Å². The Bertz CT molecular complexity index is 622. The lowest BCUT2D eigenvalue weighted by atomic mass is 10.2. The number of nitrogens with two attached hydrogens (primary N) is 1. The molecule has 100 valence electrons. The fourth-order valence-electron chi connectivity index (χ4n) is 2.31. The lowest BCUT2D eigenvalue weighted by Gasteiger charge is -2.32. The summed E-state index contributed by atoms with van der Waals surface area (Å²) in [6, 6.07) is 5.82. The molecular weight excluding hydrogens is 244 g/mol. The highest BCUT2D eigenvalue weighted by atomic mass is 16.5. The predicted molar refractivity (Wildman–Crippen MR) is 71.9 cm³/mol. The van der Waals surface area contributed by atoms with Crippen LogP contribution in [0.4, 0.5) is 5.69 Å². The summed E-state index contributed by atoms with van der Waals surface area (Å²) in [5.74, 6) is -0.0417. The van der Waals surface area contributed by atoms with Gasteiger partial charge >= 0.3 is 0 Å². The Hall–Kier alpha value is -1.92. The summed E-state index contributed by atoms with van der Waals surface area (Å²) in [6.45, 7) is 0.991. The van der Waals surface area contributed by atoms with Gasteiger partial charge in [0.2, 0.25) is 0 Å². The number of aryl methyl sites for hydroxylation is 1. The number of benzene rings is 1. The second kappa shape index (κ2) is 4.64. The van der Waals surface area contributed by atoms with Crippen molar-refractivity contribution in [1.82, 2.24) is 9.55 Å². The van der Waals surface area contributed by atoms with Gasteiger partial charge in [-0.15, -0.1) is 0 Å². The van der Waals surface area contributed by atoms with Crippen LogP contribution in [0, 0.1) is 0 Å². The number of aromatic nitrogens is 2. The Labute approximate surface area is 110 Å². The van der Waals surface area contributed by atoms with E-state index in [-0.39, 0.29) is 18.6 Å². The molecule has 1 aromatic heterocycles. The first kappa shape index (κ1) is 12.1. The third-order valence-electron chi connectivity index (χ3n) is 3.41. The Morgan fingerprint density at radius 3 is 3.16 bits per heavy atom. The highest BCUT2D eigenvalue weighted by Gasteiger charge is 2.26. The number of carbonyl (C=O) groups is 1. The van der Waals surface area contributed by atoms with Gasteiger partial charge in [0.1, 0.15) is 6.61 Å². The van der Waals surface area contributed by atoms with Gasteiger partial charge in [-0.05, 0) is 18.2 Å². The van der Waals surface area contributed by atoms with E-state index in [4.69, 9.17) is 10.5 Å². The first-order valence-electron chi connectivity index (χ1n) is 6.22. The van der Waals surface area contributed by atoms with E-state index in [0.29, 0.717) is 13.1 Å². The molecule has 0 radical (unpaired) electrons. The molecule has 1 amide bonds.